The second kappa shape index (κ2) is 5.15. The maximum Gasteiger partial charge on any atom is 0.179 e. The first-order valence-corrected chi connectivity index (χ1v) is 6.42. The molecule has 1 aromatic carbocycles. The third-order valence-electron chi connectivity index (χ3n) is 3.00. The average Bonchev–Trinajstić information content (AvgIpc) is 2.83. The first-order valence-electron chi connectivity index (χ1n) is 6.05. The molecule has 0 fully saturated rings. The predicted octanol–water partition coefficient (Wildman–Crippen LogP) is 3.18. The van der Waals surface area contributed by atoms with Crippen LogP contribution in [0, 0.1) is 0 Å². The number of hydrogen-bond donors (Lipinski definition) is 1. The largest absolute Gasteiger partial charge is 0.489 e. The molecule has 1 aliphatic rings. The number of furan rings is 1. The van der Waals surface area contributed by atoms with Crippen molar-refractivity contribution in [2.45, 2.75) is 12.5 Å². The van der Waals surface area contributed by atoms with Crippen molar-refractivity contribution in [1.82, 2.24) is 0 Å². The molecule has 0 bridgehead atoms. The molecule has 1 unspecified atom stereocenters. The Hall–Kier alpha value is -1.65. The Morgan fingerprint density at radius 1 is 1.16 bits per heavy atom. The SMILES string of the molecule is OC(c1ccoc1)c1cc(Cl)c2c(c1)OCCCO2. The molecule has 100 valence electrons. The van der Waals surface area contributed by atoms with Gasteiger partial charge < -0.3 is 19.0 Å². The number of fused-ring (bicyclic) bond motifs is 1. The van der Waals surface area contributed by atoms with Gasteiger partial charge in [-0.05, 0) is 23.8 Å². The minimum atomic E-state index is -0.798. The van der Waals surface area contributed by atoms with Gasteiger partial charge in [0, 0.05) is 12.0 Å². The van der Waals surface area contributed by atoms with Gasteiger partial charge in [0.05, 0.1) is 30.8 Å². The monoisotopic (exact) mass is 280 g/mol. The summed E-state index contributed by atoms with van der Waals surface area (Å²) in [4.78, 5) is 0. The van der Waals surface area contributed by atoms with Crippen LogP contribution < -0.4 is 9.47 Å². The summed E-state index contributed by atoms with van der Waals surface area (Å²) in [5.74, 6) is 1.12. The third-order valence-corrected chi connectivity index (χ3v) is 3.28. The first-order chi connectivity index (χ1) is 9.25. The van der Waals surface area contributed by atoms with Gasteiger partial charge in [-0.2, -0.15) is 0 Å². The zero-order valence-electron chi connectivity index (χ0n) is 10.1. The van der Waals surface area contributed by atoms with E-state index < -0.39 is 6.10 Å². The van der Waals surface area contributed by atoms with Crippen LogP contribution in [0.4, 0.5) is 0 Å². The predicted molar refractivity (Wildman–Crippen MR) is 69.8 cm³/mol. The van der Waals surface area contributed by atoms with Crippen LogP contribution >= 0.6 is 11.6 Å². The van der Waals surface area contributed by atoms with Crippen LogP contribution in [-0.4, -0.2) is 18.3 Å². The molecule has 19 heavy (non-hydrogen) atoms. The summed E-state index contributed by atoms with van der Waals surface area (Å²) >= 11 is 6.19. The molecule has 1 aromatic heterocycles. The van der Waals surface area contributed by atoms with Gasteiger partial charge in [0.1, 0.15) is 6.10 Å². The summed E-state index contributed by atoms with van der Waals surface area (Å²) in [7, 11) is 0. The Morgan fingerprint density at radius 2 is 2.00 bits per heavy atom. The van der Waals surface area contributed by atoms with Crippen LogP contribution in [0.2, 0.25) is 5.02 Å². The van der Waals surface area contributed by atoms with Crippen molar-refractivity contribution < 1.29 is 19.0 Å². The van der Waals surface area contributed by atoms with E-state index in [2.05, 4.69) is 0 Å². The lowest BCUT2D eigenvalue weighted by atomic mass is 10.0. The van der Waals surface area contributed by atoms with E-state index in [9.17, 15) is 5.11 Å². The molecule has 4 nitrogen and oxygen atoms in total. The molecule has 1 aliphatic heterocycles. The molecule has 2 heterocycles. The lowest BCUT2D eigenvalue weighted by Gasteiger charge is -2.14. The van der Waals surface area contributed by atoms with E-state index in [1.165, 1.54) is 12.5 Å². The van der Waals surface area contributed by atoms with E-state index in [1.807, 2.05) is 0 Å². The van der Waals surface area contributed by atoms with E-state index in [1.54, 1.807) is 18.2 Å². The molecule has 1 atom stereocenters. The summed E-state index contributed by atoms with van der Waals surface area (Å²) in [6, 6.07) is 5.15. The number of benzene rings is 1. The van der Waals surface area contributed by atoms with Crippen LogP contribution in [0.15, 0.2) is 35.1 Å². The number of halogens is 1. The van der Waals surface area contributed by atoms with E-state index in [0.717, 1.165) is 6.42 Å². The van der Waals surface area contributed by atoms with Crippen molar-refractivity contribution in [3.8, 4) is 11.5 Å². The summed E-state index contributed by atoms with van der Waals surface area (Å²) in [5.41, 5.74) is 1.32. The molecular formula is C14H13ClO4. The van der Waals surface area contributed by atoms with Crippen molar-refractivity contribution in [2.24, 2.45) is 0 Å². The normalized spacial score (nSPS) is 15.9. The first kappa shape index (κ1) is 12.4. The van der Waals surface area contributed by atoms with Crippen molar-refractivity contribution in [3.05, 3.63) is 46.9 Å². The molecule has 0 saturated carbocycles. The second-order valence-corrected chi connectivity index (χ2v) is 4.75. The minimum absolute atomic E-state index is 0.442. The molecule has 0 radical (unpaired) electrons. The molecule has 5 heteroatoms. The Labute approximate surface area is 115 Å². The summed E-state index contributed by atoms with van der Waals surface area (Å²) in [6.07, 6.45) is 3.03. The van der Waals surface area contributed by atoms with Crippen LogP contribution in [-0.2, 0) is 0 Å². The van der Waals surface area contributed by atoms with E-state index in [0.29, 0.717) is 40.9 Å². The molecular weight excluding hydrogens is 268 g/mol. The number of hydrogen-bond acceptors (Lipinski definition) is 4. The quantitative estimate of drug-likeness (QED) is 0.918. The fourth-order valence-electron chi connectivity index (χ4n) is 2.03. The third kappa shape index (κ3) is 2.41. The molecule has 2 aromatic rings. The van der Waals surface area contributed by atoms with Crippen LogP contribution in [0.3, 0.4) is 0 Å². The van der Waals surface area contributed by atoms with Gasteiger partial charge in [0.25, 0.3) is 0 Å². The zero-order chi connectivity index (χ0) is 13.2. The van der Waals surface area contributed by atoms with Gasteiger partial charge in [-0.15, -0.1) is 0 Å². The van der Waals surface area contributed by atoms with E-state index in [-0.39, 0.29) is 0 Å². The topological polar surface area (TPSA) is 51.8 Å². The van der Waals surface area contributed by atoms with Gasteiger partial charge in [-0.1, -0.05) is 11.6 Å². The second-order valence-electron chi connectivity index (χ2n) is 4.34. The van der Waals surface area contributed by atoms with Crippen LogP contribution in [0.25, 0.3) is 0 Å². The number of aliphatic hydroxyl groups is 1. The lowest BCUT2D eigenvalue weighted by Crippen LogP contribution is -2.00. The summed E-state index contributed by atoms with van der Waals surface area (Å²) in [5, 5.41) is 10.7. The Balaban J connectivity index is 1.99. The summed E-state index contributed by atoms with van der Waals surface area (Å²) in [6.45, 7) is 1.16. The maximum atomic E-state index is 10.3. The highest BCUT2D eigenvalue weighted by Crippen LogP contribution is 2.40. The molecule has 0 aliphatic carbocycles. The van der Waals surface area contributed by atoms with Gasteiger partial charge in [0.2, 0.25) is 0 Å². The molecule has 0 amide bonds. The smallest absolute Gasteiger partial charge is 0.179 e. The van der Waals surface area contributed by atoms with Gasteiger partial charge >= 0.3 is 0 Å². The van der Waals surface area contributed by atoms with Crippen molar-refractivity contribution in [2.75, 3.05) is 13.2 Å². The number of aliphatic hydroxyl groups excluding tert-OH is 1. The standard InChI is InChI=1S/C14H13ClO4/c15-11-6-10(13(16)9-2-5-17-8-9)7-12-14(11)19-4-1-3-18-12/h2,5-8,13,16H,1,3-4H2. The lowest BCUT2D eigenvalue weighted by molar-refractivity contribution is 0.218. The van der Waals surface area contributed by atoms with Crippen LogP contribution in [0.5, 0.6) is 11.5 Å². The highest BCUT2D eigenvalue weighted by atomic mass is 35.5. The van der Waals surface area contributed by atoms with Crippen molar-refractivity contribution in [3.63, 3.8) is 0 Å². The maximum absolute atomic E-state index is 10.3. The number of ether oxygens (including phenoxy) is 2. The van der Waals surface area contributed by atoms with Crippen molar-refractivity contribution >= 4 is 11.6 Å². The number of rotatable bonds is 2. The minimum Gasteiger partial charge on any atom is -0.489 e. The highest BCUT2D eigenvalue weighted by Gasteiger charge is 2.20. The van der Waals surface area contributed by atoms with E-state index in [4.69, 9.17) is 25.5 Å². The van der Waals surface area contributed by atoms with Gasteiger partial charge in [0.15, 0.2) is 11.5 Å². The fourth-order valence-corrected chi connectivity index (χ4v) is 2.31. The van der Waals surface area contributed by atoms with Gasteiger partial charge in [-0.3, -0.25) is 0 Å². The molecule has 1 N–H and O–H groups in total. The highest BCUT2D eigenvalue weighted by molar-refractivity contribution is 6.32. The average molecular weight is 281 g/mol. The molecule has 0 spiro atoms. The van der Waals surface area contributed by atoms with E-state index >= 15 is 0 Å². The van der Waals surface area contributed by atoms with Crippen molar-refractivity contribution in [1.29, 1.82) is 0 Å². The van der Waals surface area contributed by atoms with Crippen LogP contribution in [0.1, 0.15) is 23.7 Å². The Kier molecular flexibility index (Phi) is 3.36. The fraction of sp³-hybridized carbons (Fsp3) is 0.286. The van der Waals surface area contributed by atoms with Gasteiger partial charge in [-0.25, -0.2) is 0 Å². The molecule has 0 saturated heterocycles. The zero-order valence-corrected chi connectivity index (χ0v) is 10.9. The summed E-state index contributed by atoms with van der Waals surface area (Å²) < 4.78 is 16.1. The molecule has 3 rings (SSSR count). The Bertz CT molecular complexity index is 565. The Morgan fingerprint density at radius 3 is 2.79 bits per heavy atom.